The van der Waals surface area contributed by atoms with E-state index in [0.29, 0.717) is 36.0 Å². The molecule has 1 saturated carbocycles. The second-order valence-electron chi connectivity index (χ2n) is 9.52. The number of esters is 2. The molecule has 2 heterocycles. The quantitative estimate of drug-likeness (QED) is 0.727. The van der Waals surface area contributed by atoms with Gasteiger partial charge in [0.1, 0.15) is 24.0 Å². The zero-order valence-corrected chi connectivity index (χ0v) is 18.0. The van der Waals surface area contributed by atoms with Crippen LogP contribution in [0.25, 0.3) is 0 Å². The Balaban J connectivity index is 1.81. The fourth-order valence-electron chi connectivity index (χ4n) is 6.47. The van der Waals surface area contributed by atoms with Gasteiger partial charge in [-0.2, -0.15) is 0 Å². The molecule has 1 fully saturated rings. The van der Waals surface area contributed by atoms with E-state index in [1.807, 2.05) is 13.8 Å². The van der Waals surface area contributed by atoms with E-state index >= 15 is 0 Å². The van der Waals surface area contributed by atoms with Crippen molar-refractivity contribution in [3.05, 3.63) is 34.3 Å². The van der Waals surface area contributed by atoms with E-state index in [4.69, 9.17) is 18.6 Å². The lowest BCUT2D eigenvalue weighted by Crippen LogP contribution is -2.57. The molecule has 0 bridgehead atoms. The first-order valence-corrected chi connectivity index (χ1v) is 10.6. The van der Waals surface area contributed by atoms with Crippen LogP contribution >= 0.6 is 0 Å². The Morgan fingerprint density at radius 2 is 2.03 bits per heavy atom. The van der Waals surface area contributed by atoms with Crippen molar-refractivity contribution in [2.45, 2.75) is 63.8 Å². The maximum absolute atomic E-state index is 13.7. The smallest absolute Gasteiger partial charge is 0.342 e. The molecule has 166 valence electrons. The predicted octanol–water partition coefficient (Wildman–Crippen LogP) is 2.33. The van der Waals surface area contributed by atoms with Crippen molar-refractivity contribution in [1.29, 1.82) is 0 Å². The summed E-state index contributed by atoms with van der Waals surface area (Å²) in [6.07, 6.45) is 0.787. The van der Waals surface area contributed by atoms with Crippen LogP contribution in [0.3, 0.4) is 0 Å². The van der Waals surface area contributed by atoms with E-state index in [0.717, 1.165) is 0 Å². The molecule has 0 amide bonds. The van der Waals surface area contributed by atoms with Crippen molar-refractivity contribution < 1.29 is 38.1 Å². The van der Waals surface area contributed by atoms with Gasteiger partial charge in [-0.1, -0.05) is 6.92 Å². The van der Waals surface area contributed by atoms with Crippen LogP contribution in [0.4, 0.5) is 0 Å². The molecule has 8 nitrogen and oxygen atoms in total. The summed E-state index contributed by atoms with van der Waals surface area (Å²) in [4.78, 5) is 38.4. The first-order chi connectivity index (χ1) is 14.6. The van der Waals surface area contributed by atoms with Crippen molar-refractivity contribution in [1.82, 2.24) is 0 Å². The second kappa shape index (κ2) is 6.53. The van der Waals surface area contributed by atoms with Crippen molar-refractivity contribution in [3.63, 3.8) is 0 Å². The summed E-state index contributed by atoms with van der Waals surface area (Å²) in [7, 11) is 1.51. The van der Waals surface area contributed by atoms with Crippen LogP contribution in [-0.2, 0) is 24.4 Å². The molecule has 1 aromatic heterocycles. The topological polar surface area (TPSA) is 112 Å². The van der Waals surface area contributed by atoms with Crippen LogP contribution in [0.2, 0.25) is 0 Å². The molecule has 1 aromatic rings. The van der Waals surface area contributed by atoms with Gasteiger partial charge in [0.2, 0.25) is 5.78 Å². The van der Waals surface area contributed by atoms with E-state index in [9.17, 15) is 19.5 Å². The van der Waals surface area contributed by atoms with Crippen molar-refractivity contribution in [2.75, 3.05) is 13.7 Å². The molecule has 0 aromatic carbocycles. The largest absolute Gasteiger partial charge is 0.460 e. The highest BCUT2D eigenvalue weighted by Crippen LogP contribution is 2.62. The second-order valence-corrected chi connectivity index (χ2v) is 9.52. The summed E-state index contributed by atoms with van der Waals surface area (Å²) in [6, 6.07) is 0. The Labute approximate surface area is 179 Å². The number of Topliss-reactive ketones (excluding diaryl/α,β-unsaturated/α-hetero) is 1. The molecular weight excluding hydrogens is 404 g/mol. The molecule has 4 aliphatic rings. The average Bonchev–Trinajstić information content (AvgIpc) is 3.27. The van der Waals surface area contributed by atoms with Gasteiger partial charge in [-0.25, -0.2) is 4.79 Å². The first kappa shape index (κ1) is 20.5. The summed E-state index contributed by atoms with van der Waals surface area (Å²) in [5.41, 5.74) is 0.292. The number of methoxy groups -OCH3 is 1. The highest BCUT2D eigenvalue weighted by atomic mass is 16.6. The number of aliphatic hydroxyl groups is 1. The Morgan fingerprint density at radius 1 is 1.29 bits per heavy atom. The van der Waals surface area contributed by atoms with Crippen LogP contribution in [0.1, 0.15) is 66.5 Å². The fourth-order valence-corrected chi connectivity index (χ4v) is 6.47. The standard InChI is InChI=1S/C23H26O8/c1-10(24)30-13-7-22(2)12(5-6-14(22)25)16-18(13)23(3)15(9-28-4)31-21(27)11-8-29-20(17(11)23)19(16)26/h8,12-15,25H,5-7,9H2,1-4H3/t12-,13+,14?,15+,22-,23-/m0/s1. The monoisotopic (exact) mass is 430 g/mol. The lowest BCUT2D eigenvalue weighted by molar-refractivity contribution is -0.149. The number of allylic oxidation sites excluding steroid dienone is 1. The van der Waals surface area contributed by atoms with Crippen LogP contribution in [0, 0.1) is 11.3 Å². The maximum atomic E-state index is 13.7. The van der Waals surface area contributed by atoms with Crippen LogP contribution in [0.5, 0.6) is 0 Å². The highest BCUT2D eigenvalue weighted by molar-refractivity contribution is 6.13. The van der Waals surface area contributed by atoms with Gasteiger partial charge < -0.3 is 23.7 Å². The number of cyclic esters (lactones) is 1. The molecule has 5 rings (SSSR count). The first-order valence-electron chi connectivity index (χ1n) is 10.6. The van der Waals surface area contributed by atoms with E-state index in [1.54, 1.807) is 0 Å². The van der Waals surface area contributed by atoms with Crippen LogP contribution in [0.15, 0.2) is 21.8 Å². The predicted molar refractivity (Wildman–Crippen MR) is 106 cm³/mol. The molecule has 8 heteroatoms. The Kier molecular flexibility index (Phi) is 4.31. The zero-order chi connectivity index (χ0) is 22.3. The molecule has 0 saturated heterocycles. The number of carbonyl (C=O) groups excluding carboxylic acids is 3. The van der Waals surface area contributed by atoms with E-state index in [1.165, 1.54) is 20.3 Å². The number of hydrogen-bond donors (Lipinski definition) is 1. The van der Waals surface area contributed by atoms with Gasteiger partial charge in [-0.05, 0) is 37.7 Å². The van der Waals surface area contributed by atoms with Gasteiger partial charge in [-0.15, -0.1) is 0 Å². The van der Waals surface area contributed by atoms with Gasteiger partial charge >= 0.3 is 11.9 Å². The number of rotatable bonds is 3. The molecule has 1 aliphatic heterocycles. The molecule has 1 N–H and O–H groups in total. The molecule has 6 atom stereocenters. The number of furan rings is 1. The molecule has 0 spiro atoms. The number of ether oxygens (including phenoxy) is 3. The lowest BCUT2D eigenvalue weighted by Gasteiger charge is -2.52. The van der Waals surface area contributed by atoms with Gasteiger partial charge in [0.25, 0.3) is 0 Å². The zero-order valence-electron chi connectivity index (χ0n) is 18.0. The summed E-state index contributed by atoms with van der Waals surface area (Å²) in [6.45, 7) is 5.28. The number of ketones is 1. The third-order valence-electron chi connectivity index (χ3n) is 7.93. The highest BCUT2D eigenvalue weighted by Gasteiger charge is 2.64. The molecule has 3 aliphatic carbocycles. The number of aliphatic hydroxyl groups excluding tert-OH is 1. The van der Waals surface area contributed by atoms with E-state index in [-0.39, 0.29) is 29.6 Å². The van der Waals surface area contributed by atoms with Crippen LogP contribution in [-0.4, -0.2) is 54.9 Å². The van der Waals surface area contributed by atoms with Crippen molar-refractivity contribution in [2.24, 2.45) is 11.3 Å². The van der Waals surface area contributed by atoms with Crippen LogP contribution < -0.4 is 0 Å². The minimum atomic E-state index is -0.959. The third-order valence-corrected chi connectivity index (χ3v) is 7.93. The Morgan fingerprint density at radius 3 is 2.71 bits per heavy atom. The summed E-state index contributed by atoms with van der Waals surface area (Å²) >= 11 is 0. The van der Waals surface area contributed by atoms with E-state index < -0.39 is 41.1 Å². The van der Waals surface area contributed by atoms with Gasteiger partial charge in [0, 0.05) is 30.6 Å². The molecule has 0 radical (unpaired) electrons. The Hall–Kier alpha value is -2.45. The van der Waals surface area contributed by atoms with Gasteiger partial charge in [-0.3, -0.25) is 9.59 Å². The minimum Gasteiger partial charge on any atom is -0.460 e. The molecule has 31 heavy (non-hydrogen) atoms. The SMILES string of the molecule is COC[C@H]1OC(=O)c2coc3c2[C@@]1(C)C1=C(C3=O)[C@@H]2CCC(O)[C@@]2(C)C[C@H]1OC(C)=O. The summed E-state index contributed by atoms with van der Waals surface area (Å²) in [5, 5.41) is 10.8. The minimum absolute atomic E-state index is 0.106. The number of hydrogen-bond acceptors (Lipinski definition) is 8. The fraction of sp³-hybridized carbons (Fsp3) is 0.609. The normalized spacial score (nSPS) is 38.4. The third kappa shape index (κ3) is 2.46. The summed E-state index contributed by atoms with van der Waals surface area (Å²) < 4.78 is 22.5. The molecule has 1 unspecified atom stereocenters. The number of carbonyl (C=O) groups is 3. The molecular formula is C23H26O8. The Bertz CT molecular complexity index is 1030. The van der Waals surface area contributed by atoms with Crippen molar-refractivity contribution in [3.8, 4) is 0 Å². The van der Waals surface area contributed by atoms with E-state index in [2.05, 4.69) is 0 Å². The van der Waals surface area contributed by atoms with Crippen molar-refractivity contribution >= 4 is 17.7 Å². The van der Waals surface area contributed by atoms with Gasteiger partial charge in [0.15, 0.2) is 5.76 Å². The maximum Gasteiger partial charge on any atom is 0.342 e. The average molecular weight is 430 g/mol. The summed E-state index contributed by atoms with van der Waals surface area (Å²) in [5.74, 6) is -1.43. The van der Waals surface area contributed by atoms with Gasteiger partial charge in [0.05, 0.1) is 18.1 Å². The lowest BCUT2D eigenvalue weighted by atomic mass is 9.54. The number of fused-ring (bicyclic) bond motifs is 3.